The maximum Gasteiger partial charge on any atom is 0.0122 e. The summed E-state index contributed by atoms with van der Waals surface area (Å²) in [6.45, 7) is 5.79. The van der Waals surface area contributed by atoms with Gasteiger partial charge < -0.3 is 0 Å². The van der Waals surface area contributed by atoms with Crippen molar-refractivity contribution in [1.29, 1.82) is 0 Å². The van der Waals surface area contributed by atoms with Crippen LogP contribution >= 0.6 is 11.8 Å². The Morgan fingerprint density at radius 1 is 1.29 bits per heavy atom. The van der Waals surface area contributed by atoms with Gasteiger partial charge in [-0.15, -0.1) is 0 Å². The fraction of sp³-hybridized carbons (Fsp3) is 0.0769. The summed E-state index contributed by atoms with van der Waals surface area (Å²) in [5.74, 6) is 0. The first-order chi connectivity index (χ1) is 6.86. The topological polar surface area (TPSA) is 0 Å². The van der Waals surface area contributed by atoms with Gasteiger partial charge in [0, 0.05) is 9.80 Å². The number of rotatable bonds is 4. The highest BCUT2D eigenvalue weighted by Crippen LogP contribution is 2.26. The van der Waals surface area contributed by atoms with E-state index in [1.165, 1.54) is 4.90 Å². The Morgan fingerprint density at radius 2 is 2.00 bits per heavy atom. The van der Waals surface area contributed by atoms with E-state index in [1.54, 1.807) is 11.8 Å². The fourth-order valence-electron chi connectivity index (χ4n) is 0.959. The van der Waals surface area contributed by atoms with Crippen LogP contribution < -0.4 is 0 Å². The largest absolute Gasteiger partial charge is 0.0979 e. The molecule has 0 bridgehead atoms. The van der Waals surface area contributed by atoms with Crippen LogP contribution in [0.3, 0.4) is 0 Å². The molecule has 1 rings (SSSR count). The molecule has 0 saturated carbocycles. The Bertz CT molecular complexity index is 334. The van der Waals surface area contributed by atoms with Gasteiger partial charge in [0.25, 0.3) is 0 Å². The minimum Gasteiger partial charge on any atom is -0.0979 e. The summed E-state index contributed by atoms with van der Waals surface area (Å²) in [4.78, 5) is 2.40. The van der Waals surface area contributed by atoms with E-state index in [2.05, 4.69) is 24.8 Å². The third kappa shape index (κ3) is 3.67. The Kier molecular flexibility index (Phi) is 4.87. The first-order valence-electron chi connectivity index (χ1n) is 4.55. The summed E-state index contributed by atoms with van der Waals surface area (Å²) in [5, 5.41) is 0. The van der Waals surface area contributed by atoms with Crippen LogP contribution in [0.4, 0.5) is 0 Å². The lowest BCUT2D eigenvalue weighted by atomic mass is 10.4. The molecule has 0 radical (unpaired) electrons. The predicted molar refractivity (Wildman–Crippen MR) is 65.4 cm³/mol. The van der Waals surface area contributed by atoms with Crippen molar-refractivity contribution >= 4 is 11.8 Å². The highest BCUT2D eigenvalue weighted by Gasteiger charge is 1.93. The molecule has 0 nitrogen and oxygen atoms in total. The Morgan fingerprint density at radius 3 is 2.57 bits per heavy atom. The zero-order valence-corrected chi connectivity index (χ0v) is 9.13. The number of hydrogen-bond acceptors (Lipinski definition) is 1. The SMILES string of the molecule is C=C/C(=C\C=C/C)Sc1ccccc1. The number of hydrogen-bond donors (Lipinski definition) is 0. The van der Waals surface area contributed by atoms with E-state index < -0.39 is 0 Å². The van der Waals surface area contributed by atoms with Crippen LogP contribution in [-0.4, -0.2) is 0 Å². The first kappa shape index (κ1) is 10.9. The van der Waals surface area contributed by atoms with Crippen LogP contribution in [0.5, 0.6) is 0 Å². The van der Waals surface area contributed by atoms with Crippen molar-refractivity contribution in [3.63, 3.8) is 0 Å². The standard InChI is InChI=1S/C13H14S/c1-3-5-9-12(4-2)14-13-10-7-6-8-11-13/h3-11H,2H2,1H3/b5-3-,12-9+. The lowest BCUT2D eigenvalue weighted by Gasteiger charge is -2.00. The quantitative estimate of drug-likeness (QED) is 0.514. The van der Waals surface area contributed by atoms with Crippen molar-refractivity contribution in [1.82, 2.24) is 0 Å². The van der Waals surface area contributed by atoms with Gasteiger partial charge in [-0.2, -0.15) is 0 Å². The summed E-state index contributed by atoms with van der Waals surface area (Å²) >= 11 is 1.72. The Balaban J connectivity index is 2.71. The van der Waals surface area contributed by atoms with Crippen LogP contribution in [0.25, 0.3) is 0 Å². The van der Waals surface area contributed by atoms with Gasteiger partial charge in [0.05, 0.1) is 0 Å². The van der Waals surface area contributed by atoms with E-state index in [4.69, 9.17) is 0 Å². The maximum atomic E-state index is 3.79. The van der Waals surface area contributed by atoms with Gasteiger partial charge in [-0.25, -0.2) is 0 Å². The van der Waals surface area contributed by atoms with Crippen molar-refractivity contribution in [2.24, 2.45) is 0 Å². The monoisotopic (exact) mass is 202 g/mol. The predicted octanol–water partition coefficient (Wildman–Crippen LogP) is 4.42. The molecule has 1 heteroatoms. The van der Waals surface area contributed by atoms with Crippen LogP contribution in [0.2, 0.25) is 0 Å². The van der Waals surface area contributed by atoms with E-state index >= 15 is 0 Å². The van der Waals surface area contributed by atoms with Crippen molar-refractivity contribution in [3.8, 4) is 0 Å². The van der Waals surface area contributed by atoms with E-state index in [-0.39, 0.29) is 0 Å². The molecule has 0 atom stereocenters. The molecule has 1 aromatic rings. The van der Waals surface area contributed by atoms with E-state index in [9.17, 15) is 0 Å². The van der Waals surface area contributed by atoms with Gasteiger partial charge in [-0.1, -0.05) is 54.8 Å². The fourth-order valence-corrected chi connectivity index (χ4v) is 1.75. The van der Waals surface area contributed by atoms with Gasteiger partial charge in [0.2, 0.25) is 0 Å². The highest BCUT2D eigenvalue weighted by atomic mass is 32.2. The molecule has 1 aromatic carbocycles. The average Bonchev–Trinajstić information content (AvgIpc) is 2.25. The number of thioether (sulfide) groups is 1. The summed E-state index contributed by atoms with van der Waals surface area (Å²) in [6, 6.07) is 10.3. The van der Waals surface area contributed by atoms with E-state index in [0.717, 1.165) is 4.91 Å². The summed E-state index contributed by atoms with van der Waals surface area (Å²) in [5.41, 5.74) is 0. The third-order valence-corrected chi connectivity index (χ3v) is 2.68. The summed E-state index contributed by atoms with van der Waals surface area (Å²) in [7, 11) is 0. The van der Waals surface area contributed by atoms with Crippen molar-refractivity contribution < 1.29 is 0 Å². The Hall–Kier alpha value is -1.21. The van der Waals surface area contributed by atoms with Crippen molar-refractivity contribution in [2.75, 3.05) is 0 Å². The zero-order valence-electron chi connectivity index (χ0n) is 8.31. The minimum atomic E-state index is 1.16. The van der Waals surface area contributed by atoms with Crippen LogP contribution in [0, 0.1) is 0 Å². The van der Waals surface area contributed by atoms with Crippen molar-refractivity contribution in [3.05, 3.63) is 66.1 Å². The molecule has 0 heterocycles. The summed E-state index contributed by atoms with van der Waals surface area (Å²) < 4.78 is 0. The van der Waals surface area contributed by atoms with E-state index in [1.807, 2.05) is 43.4 Å². The molecule has 0 unspecified atom stereocenters. The van der Waals surface area contributed by atoms with Gasteiger partial charge in [-0.3, -0.25) is 0 Å². The van der Waals surface area contributed by atoms with Gasteiger partial charge >= 0.3 is 0 Å². The van der Waals surface area contributed by atoms with Gasteiger partial charge in [-0.05, 0) is 25.1 Å². The molecule has 0 amide bonds. The molecule has 72 valence electrons. The van der Waals surface area contributed by atoms with Crippen LogP contribution in [0.15, 0.2) is 71.0 Å². The molecule has 0 aliphatic heterocycles. The van der Waals surface area contributed by atoms with Gasteiger partial charge in [0.1, 0.15) is 0 Å². The zero-order chi connectivity index (χ0) is 10.2. The number of benzene rings is 1. The second kappa shape index (κ2) is 6.28. The van der Waals surface area contributed by atoms with Crippen LogP contribution in [0.1, 0.15) is 6.92 Å². The molecule has 0 N–H and O–H groups in total. The lowest BCUT2D eigenvalue weighted by molar-refractivity contribution is 1.47. The Labute approximate surface area is 90.0 Å². The molecule has 0 aliphatic carbocycles. The molecular weight excluding hydrogens is 188 g/mol. The van der Waals surface area contributed by atoms with Crippen molar-refractivity contribution in [2.45, 2.75) is 11.8 Å². The molecule has 14 heavy (non-hydrogen) atoms. The normalized spacial score (nSPS) is 11.9. The van der Waals surface area contributed by atoms with Crippen LogP contribution in [-0.2, 0) is 0 Å². The highest BCUT2D eigenvalue weighted by molar-refractivity contribution is 8.03. The molecule has 0 spiro atoms. The van der Waals surface area contributed by atoms with E-state index in [0.29, 0.717) is 0 Å². The molecule has 0 fully saturated rings. The lowest BCUT2D eigenvalue weighted by Crippen LogP contribution is -1.71. The average molecular weight is 202 g/mol. The maximum absolute atomic E-state index is 3.79. The third-order valence-electron chi connectivity index (χ3n) is 1.63. The molecule has 0 saturated heterocycles. The second-order valence-corrected chi connectivity index (χ2v) is 3.86. The number of allylic oxidation sites excluding steroid dienone is 4. The second-order valence-electron chi connectivity index (χ2n) is 2.71. The van der Waals surface area contributed by atoms with Gasteiger partial charge in [0.15, 0.2) is 0 Å². The minimum absolute atomic E-state index is 1.16. The molecular formula is C13H14S. The first-order valence-corrected chi connectivity index (χ1v) is 5.37. The molecule has 0 aromatic heterocycles. The summed E-state index contributed by atoms with van der Waals surface area (Å²) in [6.07, 6.45) is 7.96. The molecule has 0 aliphatic rings. The smallest absolute Gasteiger partial charge is 0.0122 e.